The summed E-state index contributed by atoms with van der Waals surface area (Å²) >= 11 is 1.22. The molecule has 6 heteroatoms. The van der Waals surface area contributed by atoms with Gasteiger partial charge in [0.05, 0.1) is 6.07 Å². The maximum Gasteiger partial charge on any atom is 0.243 e. The Hall–Kier alpha value is -1.48. The zero-order valence-electron chi connectivity index (χ0n) is 6.31. The molecule has 0 bridgehead atoms. The first-order valence-corrected chi connectivity index (χ1v) is 4.08. The van der Waals surface area contributed by atoms with E-state index in [4.69, 9.17) is 5.26 Å². The average Bonchev–Trinajstić information content (AvgIpc) is 2.55. The van der Waals surface area contributed by atoms with Gasteiger partial charge in [0.15, 0.2) is 0 Å². The Balaban J connectivity index is 2.54. The van der Waals surface area contributed by atoms with Crippen LogP contribution in [-0.4, -0.2) is 16.1 Å². The number of hydrogen-bond acceptors (Lipinski definition) is 5. The molecule has 0 fully saturated rings. The normalized spacial score (nSPS) is 11.7. The summed E-state index contributed by atoms with van der Waals surface area (Å²) in [4.78, 5) is 11.0. The van der Waals surface area contributed by atoms with E-state index in [0.29, 0.717) is 5.13 Å². The number of nitriles is 1. The molecule has 12 heavy (non-hydrogen) atoms. The number of nitrogens with zero attached hydrogens (tertiary/aromatic N) is 3. The highest BCUT2D eigenvalue weighted by molar-refractivity contribution is 7.13. The number of hydrogen-bond donors (Lipinski definition) is 1. The predicted octanol–water partition coefficient (Wildman–Crippen LogP) is 0.636. The van der Waals surface area contributed by atoms with Crippen LogP contribution in [0.15, 0.2) is 5.51 Å². The van der Waals surface area contributed by atoms with Crippen molar-refractivity contribution >= 4 is 22.4 Å². The van der Waals surface area contributed by atoms with Crippen LogP contribution in [0, 0.1) is 17.2 Å². The van der Waals surface area contributed by atoms with Crippen molar-refractivity contribution in [2.45, 2.75) is 6.92 Å². The van der Waals surface area contributed by atoms with E-state index in [0.717, 1.165) is 0 Å². The Bertz CT molecular complexity index is 302. The summed E-state index contributed by atoms with van der Waals surface area (Å²) in [5.41, 5.74) is 1.51. The molecule has 0 spiro atoms. The van der Waals surface area contributed by atoms with Gasteiger partial charge in [-0.1, -0.05) is 11.3 Å². The highest BCUT2D eigenvalue weighted by atomic mass is 32.1. The van der Waals surface area contributed by atoms with Crippen LogP contribution < -0.4 is 5.32 Å². The molecule has 1 atom stereocenters. The van der Waals surface area contributed by atoms with Crippen molar-refractivity contribution in [2.75, 3.05) is 5.32 Å². The third-order valence-corrected chi connectivity index (χ3v) is 1.78. The van der Waals surface area contributed by atoms with Crippen LogP contribution in [0.3, 0.4) is 0 Å². The van der Waals surface area contributed by atoms with Gasteiger partial charge in [-0.05, 0) is 6.92 Å². The van der Waals surface area contributed by atoms with Crippen molar-refractivity contribution in [3.63, 3.8) is 0 Å². The third kappa shape index (κ3) is 2.00. The first-order valence-electron chi connectivity index (χ1n) is 3.20. The molecule has 0 aliphatic carbocycles. The monoisotopic (exact) mass is 182 g/mol. The van der Waals surface area contributed by atoms with Crippen LogP contribution in [0.4, 0.5) is 5.13 Å². The Morgan fingerprint density at radius 3 is 3.17 bits per heavy atom. The van der Waals surface area contributed by atoms with Gasteiger partial charge in [0.2, 0.25) is 11.0 Å². The van der Waals surface area contributed by atoms with Gasteiger partial charge in [0, 0.05) is 0 Å². The first kappa shape index (κ1) is 8.62. The first-order chi connectivity index (χ1) is 5.74. The molecule has 1 aromatic heterocycles. The van der Waals surface area contributed by atoms with Gasteiger partial charge >= 0.3 is 0 Å². The van der Waals surface area contributed by atoms with Gasteiger partial charge in [0.1, 0.15) is 11.4 Å². The van der Waals surface area contributed by atoms with Crippen LogP contribution in [0.25, 0.3) is 0 Å². The lowest BCUT2D eigenvalue weighted by Gasteiger charge is -1.99. The van der Waals surface area contributed by atoms with Gasteiger partial charge in [-0.15, -0.1) is 10.2 Å². The Labute approximate surface area is 73.0 Å². The summed E-state index contributed by atoms with van der Waals surface area (Å²) < 4.78 is 0. The molecule has 1 aromatic rings. The minimum absolute atomic E-state index is 0.353. The predicted molar refractivity (Wildman–Crippen MR) is 43.3 cm³/mol. The molecule has 1 rings (SSSR count). The van der Waals surface area contributed by atoms with Crippen molar-refractivity contribution < 1.29 is 4.79 Å². The largest absolute Gasteiger partial charge is 0.299 e. The van der Waals surface area contributed by atoms with E-state index in [9.17, 15) is 4.79 Å². The van der Waals surface area contributed by atoms with Crippen LogP contribution in [0.5, 0.6) is 0 Å². The van der Waals surface area contributed by atoms with Crippen LogP contribution in [0.2, 0.25) is 0 Å². The fourth-order valence-electron chi connectivity index (χ4n) is 0.500. The van der Waals surface area contributed by atoms with E-state index < -0.39 is 5.92 Å². The Kier molecular flexibility index (Phi) is 2.71. The second kappa shape index (κ2) is 3.78. The minimum Gasteiger partial charge on any atom is -0.299 e. The molecule has 0 aromatic carbocycles. The molecular formula is C6H6N4OS. The van der Waals surface area contributed by atoms with Gasteiger partial charge in [-0.2, -0.15) is 5.26 Å². The number of amides is 1. The summed E-state index contributed by atoms with van der Waals surface area (Å²) in [5.74, 6) is -1.01. The Morgan fingerprint density at radius 2 is 2.67 bits per heavy atom. The number of carbonyl (C=O) groups excluding carboxylic acids is 1. The summed E-state index contributed by atoms with van der Waals surface area (Å²) in [5, 5.41) is 18.4. The van der Waals surface area contributed by atoms with E-state index in [1.807, 2.05) is 6.07 Å². The lowest BCUT2D eigenvalue weighted by Crippen LogP contribution is -2.18. The second-order valence-electron chi connectivity index (χ2n) is 2.08. The van der Waals surface area contributed by atoms with Gasteiger partial charge in [-0.25, -0.2) is 0 Å². The van der Waals surface area contributed by atoms with Crippen LogP contribution in [-0.2, 0) is 4.79 Å². The fourth-order valence-corrected chi connectivity index (χ4v) is 0.948. The lowest BCUT2D eigenvalue weighted by molar-refractivity contribution is -0.117. The highest BCUT2D eigenvalue weighted by Crippen LogP contribution is 2.09. The molecule has 62 valence electrons. The maximum absolute atomic E-state index is 11.0. The van der Waals surface area contributed by atoms with Crippen molar-refractivity contribution in [3.05, 3.63) is 5.51 Å². The molecule has 0 radical (unpaired) electrons. The smallest absolute Gasteiger partial charge is 0.243 e. The topological polar surface area (TPSA) is 78.7 Å². The van der Waals surface area contributed by atoms with E-state index in [1.165, 1.54) is 23.8 Å². The zero-order chi connectivity index (χ0) is 8.97. The summed E-state index contributed by atoms with van der Waals surface area (Å²) in [6.07, 6.45) is 0. The van der Waals surface area contributed by atoms with Gasteiger partial charge < -0.3 is 0 Å². The zero-order valence-corrected chi connectivity index (χ0v) is 7.13. The highest BCUT2D eigenvalue weighted by Gasteiger charge is 2.12. The third-order valence-electron chi connectivity index (χ3n) is 1.18. The molecular weight excluding hydrogens is 176 g/mol. The molecule has 5 nitrogen and oxygen atoms in total. The lowest BCUT2D eigenvalue weighted by atomic mass is 10.2. The number of anilines is 1. The van der Waals surface area contributed by atoms with Crippen LogP contribution in [0.1, 0.15) is 6.92 Å². The number of nitrogens with one attached hydrogen (secondary N) is 1. The maximum atomic E-state index is 11.0. The molecule has 0 aliphatic heterocycles. The summed E-state index contributed by atoms with van der Waals surface area (Å²) in [6.45, 7) is 1.52. The van der Waals surface area contributed by atoms with E-state index in [2.05, 4.69) is 15.5 Å². The molecule has 1 heterocycles. The van der Waals surface area contributed by atoms with E-state index in [1.54, 1.807) is 0 Å². The standard InChI is InChI=1S/C6H6N4OS/c1-4(2-7)5(11)9-6-10-8-3-12-6/h3-4H,1H3,(H,9,10,11). The molecule has 0 saturated heterocycles. The van der Waals surface area contributed by atoms with E-state index in [-0.39, 0.29) is 5.91 Å². The van der Waals surface area contributed by atoms with E-state index >= 15 is 0 Å². The number of rotatable bonds is 2. The molecule has 1 amide bonds. The van der Waals surface area contributed by atoms with Crippen molar-refractivity contribution in [2.24, 2.45) is 5.92 Å². The molecule has 0 saturated carbocycles. The minimum atomic E-state index is -0.658. The fraction of sp³-hybridized carbons (Fsp3) is 0.333. The summed E-state index contributed by atoms with van der Waals surface area (Å²) in [6, 6.07) is 1.82. The second-order valence-corrected chi connectivity index (χ2v) is 2.92. The van der Waals surface area contributed by atoms with Crippen LogP contribution >= 0.6 is 11.3 Å². The quantitative estimate of drug-likeness (QED) is 0.727. The van der Waals surface area contributed by atoms with Crippen molar-refractivity contribution in [1.29, 1.82) is 5.26 Å². The average molecular weight is 182 g/mol. The van der Waals surface area contributed by atoms with Crippen molar-refractivity contribution in [1.82, 2.24) is 10.2 Å². The SMILES string of the molecule is CC(C#N)C(=O)Nc1nncs1. The Morgan fingerprint density at radius 1 is 1.92 bits per heavy atom. The summed E-state index contributed by atoms with van der Waals surface area (Å²) in [7, 11) is 0. The number of aromatic nitrogens is 2. The molecule has 0 aliphatic rings. The van der Waals surface area contributed by atoms with Crippen molar-refractivity contribution in [3.8, 4) is 6.07 Å². The molecule has 1 unspecified atom stereocenters. The van der Waals surface area contributed by atoms with Gasteiger partial charge in [0.25, 0.3) is 0 Å². The van der Waals surface area contributed by atoms with Gasteiger partial charge in [-0.3, -0.25) is 10.1 Å². The number of carbonyl (C=O) groups is 1. The molecule has 1 N–H and O–H groups in total.